The first-order valence-electron chi connectivity index (χ1n) is 7.45. The Morgan fingerprint density at radius 3 is 2.43 bits per heavy atom. The molecule has 1 rings (SSSR count). The van der Waals surface area contributed by atoms with E-state index in [1.165, 1.54) is 0 Å². The van der Waals surface area contributed by atoms with Crippen molar-refractivity contribution in [3.05, 3.63) is 0 Å². The first kappa shape index (κ1) is 17.6. The molecule has 3 atom stereocenters. The van der Waals surface area contributed by atoms with E-state index in [2.05, 4.69) is 10.6 Å². The van der Waals surface area contributed by atoms with Gasteiger partial charge >= 0.3 is 0 Å². The summed E-state index contributed by atoms with van der Waals surface area (Å²) < 4.78 is 0. The van der Waals surface area contributed by atoms with E-state index in [1.54, 1.807) is 18.9 Å². The molecule has 21 heavy (non-hydrogen) atoms. The number of likely N-dealkylation sites (tertiary alicyclic amines) is 1. The number of amides is 2. The fourth-order valence-corrected chi connectivity index (χ4v) is 2.42. The van der Waals surface area contributed by atoms with Gasteiger partial charge in [0, 0.05) is 6.54 Å². The Morgan fingerprint density at radius 2 is 1.95 bits per heavy atom. The number of carbonyl (C=O) groups excluding carboxylic acids is 3. The third-order valence-corrected chi connectivity index (χ3v) is 3.97. The molecular weight excluding hydrogens is 270 g/mol. The molecule has 1 unspecified atom stereocenters. The van der Waals surface area contributed by atoms with E-state index in [0.29, 0.717) is 13.0 Å². The number of nitrogens with one attached hydrogen (secondary N) is 2. The highest BCUT2D eigenvalue weighted by atomic mass is 16.2. The minimum atomic E-state index is -0.638. The van der Waals surface area contributed by atoms with E-state index >= 15 is 0 Å². The van der Waals surface area contributed by atoms with Crippen molar-refractivity contribution in [1.29, 1.82) is 0 Å². The molecule has 0 aromatic rings. The van der Waals surface area contributed by atoms with E-state index in [4.69, 9.17) is 0 Å². The van der Waals surface area contributed by atoms with Gasteiger partial charge in [-0.25, -0.2) is 0 Å². The zero-order valence-electron chi connectivity index (χ0n) is 13.6. The molecule has 0 radical (unpaired) electrons. The molecule has 0 aliphatic carbocycles. The molecule has 2 N–H and O–H groups in total. The zero-order valence-corrected chi connectivity index (χ0v) is 13.6. The number of carbonyl (C=O) groups is 3. The van der Waals surface area contributed by atoms with Crippen molar-refractivity contribution in [1.82, 2.24) is 15.5 Å². The van der Waals surface area contributed by atoms with E-state index in [-0.39, 0.29) is 23.9 Å². The third kappa shape index (κ3) is 4.27. The lowest BCUT2D eigenvalue weighted by Gasteiger charge is -2.35. The van der Waals surface area contributed by atoms with Crippen LogP contribution in [0.1, 0.15) is 40.5 Å². The monoisotopic (exact) mass is 297 g/mol. The van der Waals surface area contributed by atoms with Gasteiger partial charge in [-0.1, -0.05) is 20.8 Å². The second-order valence-electron chi connectivity index (χ2n) is 6.70. The molecule has 1 aliphatic rings. The topological polar surface area (TPSA) is 78.5 Å². The third-order valence-electron chi connectivity index (χ3n) is 3.97. The van der Waals surface area contributed by atoms with E-state index < -0.39 is 11.5 Å². The summed E-state index contributed by atoms with van der Waals surface area (Å²) in [6.07, 6.45) is 2.35. The molecule has 0 aromatic carbocycles. The fourth-order valence-electron chi connectivity index (χ4n) is 2.42. The van der Waals surface area contributed by atoms with Gasteiger partial charge in [0.1, 0.15) is 12.3 Å². The summed E-state index contributed by atoms with van der Waals surface area (Å²) in [6, 6.07) is -1.37. The van der Waals surface area contributed by atoms with Gasteiger partial charge in [0.05, 0.1) is 12.1 Å². The van der Waals surface area contributed by atoms with Crippen LogP contribution in [0.2, 0.25) is 0 Å². The smallest absolute Gasteiger partial charge is 0.246 e. The van der Waals surface area contributed by atoms with E-state index in [9.17, 15) is 14.4 Å². The number of rotatable bonds is 5. The Kier molecular flexibility index (Phi) is 5.89. The van der Waals surface area contributed by atoms with Crippen LogP contribution in [0, 0.1) is 5.41 Å². The Balaban J connectivity index is 2.90. The Hall–Kier alpha value is -1.43. The zero-order chi connectivity index (χ0) is 16.2. The van der Waals surface area contributed by atoms with Crippen molar-refractivity contribution in [3.8, 4) is 0 Å². The molecule has 2 amide bonds. The van der Waals surface area contributed by atoms with Gasteiger partial charge in [-0.05, 0) is 32.2 Å². The van der Waals surface area contributed by atoms with Gasteiger partial charge in [-0.15, -0.1) is 0 Å². The van der Waals surface area contributed by atoms with Crippen LogP contribution in [0.25, 0.3) is 0 Å². The number of hydrogen-bond acceptors (Lipinski definition) is 4. The predicted octanol–water partition coefficient (Wildman–Crippen LogP) is 0.315. The first-order valence-corrected chi connectivity index (χ1v) is 7.45. The highest BCUT2D eigenvalue weighted by molar-refractivity contribution is 5.91. The van der Waals surface area contributed by atoms with Crippen LogP contribution in [0.4, 0.5) is 0 Å². The van der Waals surface area contributed by atoms with Crippen LogP contribution in [0.15, 0.2) is 0 Å². The maximum atomic E-state index is 12.7. The number of nitrogens with zero attached hydrogens (tertiary/aromatic N) is 1. The maximum absolute atomic E-state index is 12.7. The van der Waals surface area contributed by atoms with Gasteiger partial charge < -0.3 is 20.3 Å². The Morgan fingerprint density at radius 1 is 1.33 bits per heavy atom. The van der Waals surface area contributed by atoms with Crippen molar-refractivity contribution in [3.63, 3.8) is 0 Å². The van der Waals surface area contributed by atoms with Crippen molar-refractivity contribution < 1.29 is 14.4 Å². The first-order chi connectivity index (χ1) is 9.72. The lowest BCUT2D eigenvalue weighted by Crippen LogP contribution is -2.58. The minimum absolute atomic E-state index is 0.172. The van der Waals surface area contributed by atoms with E-state index in [1.807, 2.05) is 20.8 Å². The Bertz CT molecular complexity index is 403. The summed E-state index contributed by atoms with van der Waals surface area (Å²) in [5, 5.41) is 5.68. The van der Waals surface area contributed by atoms with Crippen molar-refractivity contribution in [2.24, 2.45) is 5.41 Å². The van der Waals surface area contributed by atoms with Crippen LogP contribution in [-0.4, -0.2) is 54.7 Å². The lowest BCUT2D eigenvalue weighted by atomic mass is 9.85. The molecule has 0 spiro atoms. The summed E-state index contributed by atoms with van der Waals surface area (Å²) in [4.78, 5) is 37.5. The highest BCUT2D eigenvalue weighted by Gasteiger charge is 2.39. The largest absolute Gasteiger partial charge is 0.342 e. The molecule has 1 saturated heterocycles. The molecule has 6 nitrogen and oxygen atoms in total. The molecule has 120 valence electrons. The average molecular weight is 297 g/mol. The molecule has 1 heterocycles. The quantitative estimate of drug-likeness (QED) is 0.716. The highest BCUT2D eigenvalue weighted by Crippen LogP contribution is 2.25. The Labute approximate surface area is 126 Å². The van der Waals surface area contributed by atoms with Gasteiger partial charge in [-0.3, -0.25) is 9.59 Å². The molecule has 1 fully saturated rings. The van der Waals surface area contributed by atoms with Crippen LogP contribution in [-0.2, 0) is 14.4 Å². The van der Waals surface area contributed by atoms with Crippen LogP contribution in [0.3, 0.4) is 0 Å². The number of likely N-dealkylation sites (N-methyl/N-ethyl adjacent to an activating group) is 1. The molecular formula is C15H27N3O3. The second kappa shape index (κ2) is 7.02. The summed E-state index contributed by atoms with van der Waals surface area (Å²) in [5.41, 5.74) is -0.420. The summed E-state index contributed by atoms with van der Waals surface area (Å²) in [6.45, 7) is 8.04. The average Bonchev–Trinajstić information content (AvgIpc) is 2.89. The predicted molar refractivity (Wildman–Crippen MR) is 80.7 cm³/mol. The summed E-state index contributed by atoms with van der Waals surface area (Å²) in [7, 11) is 1.70. The standard InChI is InChI=1S/C15H27N3O3/c1-10(16-5)13(20)17-12(15(2,3)4)14(21)18-8-6-7-11(18)9-19/h9-12,16H,6-8H2,1-5H3,(H,17,20)/t10-,11-,12?/m0/s1. The van der Waals surface area contributed by atoms with Crippen molar-refractivity contribution in [2.45, 2.75) is 58.7 Å². The molecule has 1 aliphatic heterocycles. The normalized spacial score (nSPS) is 21.8. The second-order valence-corrected chi connectivity index (χ2v) is 6.70. The van der Waals surface area contributed by atoms with E-state index in [0.717, 1.165) is 12.7 Å². The lowest BCUT2D eigenvalue weighted by molar-refractivity contribution is -0.141. The van der Waals surface area contributed by atoms with Crippen LogP contribution in [0.5, 0.6) is 0 Å². The fraction of sp³-hybridized carbons (Fsp3) is 0.800. The minimum Gasteiger partial charge on any atom is -0.342 e. The van der Waals surface area contributed by atoms with Crippen LogP contribution >= 0.6 is 0 Å². The van der Waals surface area contributed by atoms with Gasteiger partial charge in [0.15, 0.2) is 0 Å². The van der Waals surface area contributed by atoms with Crippen molar-refractivity contribution >= 4 is 18.1 Å². The number of hydrogen-bond donors (Lipinski definition) is 2. The van der Waals surface area contributed by atoms with Gasteiger partial charge in [0.2, 0.25) is 11.8 Å². The molecule has 0 saturated carbocycles. The van der Waals surface area contributed by atoms with Crippen LogP contribution < -0.4 is 10.6 Å². The van der Waals surface area contributed by atoms with Crippen molar-refractivity contribution in [2.75, 3.05) is 13.6 Å². The van der Waals surface area contributed by atoms with Gasteiger partial charge in [0.25, 0.3) is 0 Å². The number of aldehydes is 1. The summed E-state index contributed by atoms with van der Waals surface area (Å²) >= 11 is 0. The molecule has 0 aromatic heterocycles. The SMILES string of the molecule is CN[C@@H](C)C(=O)NC(C(=O)N1CCC[C@H]1C=O)C(C)(C)C. The molecule has 0 bridgehead atoms. The molecule has 6 heteroatoms. The maximum Gasteiger partial charge on any atom is 0.246 e. The van der Waals surface area contributed by atoms with Gasteiger partial charge in [-0.2, -0.15) is 0 Å². The summed E-state index contributed by atoms with van der Waals surface area (Å²) in [5.74, 6) is -0.388.